The number of piperidine rings is 1. The van der Waals surface area contributed by atoms with E-state index in [0.717, 1.165) is 44.6 Å². The second kappa shape index (κ2) is 8.56. The average Bonchev–Trinajstić information content (AvgIpc) is 3.05. The lowest BCUT2D eigenvalue weighted by atomic mass is 9.96. The van der Waals surface area contributed by atoms with E-state index in [-0.39, 0.29) is 6.10 Å². The Balaban J connectivity index is 1.41. The lowest BCUT2D eigenvalue weighted by Crippen LogP contribution is -2.40. The number of aryl methyl sites for hydroxylation is 1. The molecule has 0 saturated carbocycles. The minimum absolute atomic E-state index is 0.241. The molecule has 136 valence electrons. The van der Waals surface area contributed by atoms with Crippen molar-refractivity contribution in [3.05, 3.63) is 35.7 Å². The van der Waals surface area contributed by atoms with Gasteiger partial charge in [-0.2, -0.15) is 4.98 Å². The molecule has 1 atom stereocenters. The van der Waals surface area contributed by atoms with Crippen LogP contribution in [0.25, 0.3) is 11.4 Å². The van der Waals surface area contributed by atoms with E-state index in [2.05, 4.69) is 39.4 Å². The molecular weight excluding hydrogens is 316 g/mol. The van der Waals surface area contributed by atoms with E-state index in [0.29, 0.717) is 24.2 Å². The van der Waals surface area contributed by atoms with Crippen LogP contribution in [0.4, 0.5) is 0 Å². The van der Waals surface area contributed by atoms with Gasteiger partial charge < -0.3 is 19.8 Å². The fourth-order valence-corrected chi connectivity index (χ4v) is 3.36. The number of hydrogen-bond donors (Lipinski definition) is 2. The number of benzene rings is 1. The molecule has 6 nitrogen and oxygen atoms in total. The fraction of sp³-hybridized carbons (Fsp3) is 0.579. The number of aromatic nitrogens is 2. The van der Waals surface area contributed by atoms with Crippen LogP contribution in [0.3, 0.4) is 0 Å². The first-order valence-corrected chi connectivity index (χ1v) is 9.11. The van der Waals surface area contributed by atoms with E-state index in [1.807, 2.05) is 19.1 Å². The summed E-state index contributed by atoms with van der Waals surface area (Å²) in [5.74, 6) is 1.94. The van der Waals surface area contributed by atoms with Crippen molar-refractivity contribution in [3.8, 4) is 11.4 Å². The summed E-state index contributed by atoms with van der Waals surface area (Å²) in [5, 5.41) is 17.0. The van der Waals surface area contributed by atoms with Crippen LogP contribution in [-0.2, 0) is 6.54 Å². The number of β-amino-alcohol motifs (C(OH)–C–C–N with tert-alkyl or cyclic N) is 1. The second-order valence-electron chi connectivity index (χ2n) is 7.11. The van der Waals surface area contributed by atoms with Crippen LogP contribution < -0.4 is 5.32 Å². The van der Waals surface area contributed by atoms with Gasteiger partial charge >= 0.3 is 0 Å². The summed E-state index contributed by atoms with van der Waals surface area (Å²) in [7, 11) is 0. The Morgan fingerprint density at radius 1 is 1.36 bits per heavy atom. The molecule has 0 bridgehead atoms. The van der Waals surface area contributed by atoms with Crippen molar-refractivity contribution in [2.75, 3.05) is 26.2 Å². The summed E-state index contributed by atoms with van der Waals surface area (Å²) in [4.78, 5) is 6.81. The van der Waals surface area contributed by atoms with Crippen LogP contribution in [0, 0.1) is 12.8 Å². The van der Waals surface area contributed by atoms with Gasteiger partial charge in [0.05, 0.1) is 12.6 Å². The molecule has 0 spiro atoms. The number of aliphatic hydroxyl groups is 1. The molecule has 1 fully saturated rings. The molecule has 25 heavy (non-hydrogen) atoms. The van der Waals surface area contributed by atoms with Crippen molar-refractivity contribution in [1.82, 2.24) is 20.4 Å². The molecule has 0 amide bonds. The van der Waals surface area contributed by atoms with Gasteiger partial charge in [-0.15, -0.1) is 0 Å². The first-order chi connectivity index (χ1) is 12.1. The van der Waals surface area contributed by atoms with Gasteiger partial charge in [0.2, 0.25) is 11.7 Å². The van der Waals surface area contributed by atoms with E-state index in [1.165, 1.54) is 5.56 Å². The lowest BCUT2D eigenvalue weighted by Gasteiger charge is -2.32. The van der Waals surface area contributed by atoms with Crippen LogP contribution in [0.15, 0.2) is 28.8 Å². The van der Waals surface area contributed by atoms with Crippen molar-refractivity contribution in [2.24, 2.45) is 5.92 Å². The summed E-state index contributed by atoms with van der Waals surface area (Å²) >= 11 is 0. The van der Waals surface area contributed by atoms with Crippen LogP contribution in [0.2, 0.25) is 0 Å². The summed E-state index contributed by atoms with van der Waals surface area (Å²) < 4.78 is 5.35. The molecule has 0 radical (unpaired) electrons. The molecule has 1 saturated heterocycles. The van der Waals surface area contributed by atoms with Gasteiger partial charge in [-0.25, -0.2) is 0 Å². The number of likely N-dealkylation sites (tertiary alicyclic amines) is 1. The maximum Gasteiger partial charge on any atom is 0.240 e. The summed E-state index contributed by atoms with van der Waals surface area (Å²) in [6.07, 6.45) is 2.09. The standard InChI is InChI=1S/C19H28N4O2/c1-14-4-3-5-17(10-14)19-21-18(25-22-19)12-20-11-16-6-8-23(9-7-16)13-15(2)24/h3-5,10,15-16,20,24H,6-9,11-13H2,1-2H3/t15-/m0/s1. The fourth-order valence-electron chi connectivity index (χ4n) is 3.36. The topological polar surface area (TPSA) is 74.4 Å². The average molecular weight is 344 g/mol. The maximum absolute atomic E-state index is 9.46. The monoisotopic (exact) mass is 344 g/mol. The van der Waals surface area contributed by atoms with Gasteiger partial charge in [0.1, 0.15) is 0 Å². The SMILES string of the molecule is Cc1cccc(-c2noc(CNCC3CCN(C[C@H](C)O)CC3)n2)c1. The first kappa shape index (κ1) is 18.0. The number of nitrogens with zero attached hydrogens (tertiary/aromatic N) is 3. The van der Waals surface area contributed by atoms with E-state index in [4.69, 9.17) is 4.52 Å². The predicted molar refractivity (Wildman–Crippen MR) is 97.0 cm³/mol. The third-order valence-electron chi connectivity index (χ3n) is 4.68. The number of nitrogens with one attached hydrogen (secondary N) is 1. The summed E-state index contributed by atoms with van der Waals surface area (Å²) in [6, 6.07) is 8.11. The van der Waals surface area contributed by atoms with Crippen molar-refractivity contribution in [1.29, 1.82) is 0 Å². The Morgan fingerprint density at radius 2 is 2.16 bits per heavy atom. The zero-order chi connectivity index (χ0) is 17.6. The lowest BCUT2D eigenvalue weighted by molar-refractivity contribution is 0.0996. The maximum atomic E-state index is 9.46. The normalized spacial score (nSPS) is 17.7. The van der Waals surface area contributed by atoms with E-state index < -0.39 is 0 Å². The van der Waals surface area contributed by atoms with Gasteiger partial charge in [-0.1, -0.05) is 28.9 Å². The minimum Gasteiger partial charge on any atom is -0.392 e. The first-order valence-electron chi connectivity index (χ1n) is 9.11. The van der Waals surface area contributed by atoms with E-state index in [1.54, 1.807) is 0 Å². The third-order valence-corrected chi connectivity index (χ3v) is 4.68. The zero-order valence-corrected chi connectivity index (χ0v) is 15.1. The molecule has 2 N–H and O–H groups in total. The highest BCUT2D eigenvalue weighted by atomic mass is 16.5. The van der Waals surface area contributed by atoms with Gasteiger partial charge in [0.25, 0.3) is 0 Å². The van der Waals surface area contributed by atoms with E-state index in [9.17, 15) is 5.11 Å². The number of aliphatic hydroxyl groups excluding tert-OH is 1. The van der Waals surface area contributed by atoms with Crippen molar-refractivity contribution < 1.29 is 9.63 Å². The van der Waals surface area contributed by atoms with Crippen LogP contribution in [-0.4, -0.2) is 52.4 Å². The molecule has 0 unspecified atom stereocenters. The highest BCUT2D eigenvalue weighted by Crippen LogP contribution is 2.18. The van der Waals surface area contributed by atoms with Crippen molar-refractivity contribution >= 4 is 0 Å². The number of hydrogen-bond acceptors (Lipinski definition) is 6. The minimum atomic E-state index is -0.241. The molecule has 2 aromatic rings. The Morgan fingerprint density at radius 3 is 2.88 bits per heavy atom. The number of rotatable bonds is 7. The van der Waals surface area contributed by atoms with Gasteiger partial charge in [0, 0.05) is 12.1 Å². The molecule has 3 rings (SSSR count). The molecule has 1 aromatic heterocycles. The summed E-state index contributed by atoms with van der Waals surface area (Å²) in [5.41, 5.74) is 2.17. The summed E-state index contributed by atoms with van der Waals surface area (Å²) in [6.45, 7) is 8.38. The molecule has 0 aliphatic carbocycles. The van der Waals surface area contributed by atoms with Crippen molar-refractivity contribution in [3.63, 3.8) is 0 Å². The Labute approximate surface area is 149 Å². The predicted octanol–water partition coefficient (Wildman–Crippen LogP) is 2.23. The highest BCUT2D eigenvalue weighted by molar-refractivity contribution is 5.55. The van der Waals surface area contributed by atoms with Gasteiger partial charge in [-0.3, -0.25) is 0 Å². The highest BCUT2D eigenvalue weighted by Gasteiger charge is 2.20. The van der Waals surface area contributed by atoms with Crippen molar-refractivity contribution in [2.45, 2.75) is 39.3 Å². The Bertz CT molecular complexity index is 663. The largest absolute Gasteiger partial charge is 0.392 e. The molecule has 1 aliphatic heterocycles. The smallest absolute Gasteiger partial charge is 0.240 e. The molecule has 2 heterocycles. The zero-order valence-electron chi connectivity index (χ0n) is 15.1. The van der Waals surface area contributed by atoms with E-state index >= 15 is 0 Å². The van der Waals surface area contributed by atoms with Crippen LogP contribution >= 0.6 is 0 Å². The van der Waals surface area contributed by atoms with Crippen LogP contribution in [0.1, 0.15) is 31.2 Å². The molecule has 1 aliphatic rings. The molecular formula is C19H28N4O2. The van der Waals surface area contributed by atoms with Gasteiger partial charge in [0.15, 0.2) is 0 Å². The molecule has 1 aromatic carbocycles. The van der Waals surface area contributed by atoms with Crippen LogP contribution in [0.5, 0.6) is 0 Å². The Kier molecular flexibility index (Phi) is 6.18. The Hall–Kier alpha value is -1.76. The molecule has 6 heteroatoms. The quantitative estimate of drug-likeness (QED) is 0.802. The third kappa shape index (κ3) is 5.36. The second-order valence-corrected chi connectivity index (χ2v) is 7.11. The van der Waals surface area contributed by atoms with Gasteiger partial charge in [-0.05, 0) is 58.3 Å².